The zero-order valence-corrected chi connectivity index (χ0v) is 26.9. The van der Waals surface area contributed by atoms with Gasteiger partial charge in [0.2, 0.25) is 5.91 Å². The summed E-state index contributed by atoms with van der Waals surface area (Å²) in [6.07, 6.45) is 1.62. The summed E-state index contributed by atoms with van der Waals surface area (Å²) in [5, 5.41) is 4.69. The summed E-state index contributed by atoms with van der Waals surface area (Å²) in [6, 6.07) is 25.1. The Morgan fingerprint density at radius 2 is 1.51 bits per heavy atom. The van der Waals surface area contributed by atoms with Crippen molar-refractivity contribution < 1.29 is 28.3 Å². The first-order chi connectivity index (χ1) is 20.5. The summed E-state index contributed by atoms with van der Waals surface area (Å²) < 4.78 is 18.2. The van der Waals surface area contributed by atoms with Crippen LogP contribution in [-0.4, -0.2) is 57.9 Å². The zero-order valence-electron chi connectivity index (χ0n) is 25.9. The molecule has 2 amide bonds. The second-order valence-electron chi connectivity index (χ2n) is 11.2. The summed E-state index contributed by atoms with van der Waals surface area (Å²) >= 11 is 0. The van der Waals surface area contributed by atoms with E-state index in [1.807, 2.05) is 42.5 Å². The minimum atomic E-state index is -3.01. The molecule has 0 aliphatic carbocycles. The van der Waals surface area contributed by atoms with Crippen LogP contribution in [0.5, 0.6) is 5.75 Å². The summed E-state index contributed by atoms with van der Waals surface area (Å²) in [7, 11) is -1.50. The average Bonchev–Trinajstić information content (AvgIpc) is 2.97. The van der Waals surface area contributed by atoms with E-state index in [2.05, 4.69) is 56.9 Å². The number of hydrogen-bond acceptors (Lipinski definition) is 6. The second-order valence-corrected chi connectivity index (χ2v) is 15.5. The van der Waals surface area contributed by atoms with Crippen molar-refractivity contribution >= 4 is 42.2 Å². The van der Waals surface area contributed by atoms with Crippen LogP contribution in [0, 0.1) is 0 Å². The van der Waals surface area contributed by atoms with Gasteiger partial charge in [0.05, 0.1) is 25.4 Å². The predicted octanol–water partition coefficient (Wildman–Crippen LogP) is 4.85. The van der Waals surface area contributed by atoms with Crippen LogP contribution in [0.25, 0.3) is 0 Å². The Kier molecular flexibility index (Phi) is 11.5. The molecular weight excluding hydrogens is 560 g/mol. The van der Waals surface area contributed by atoms with E-state index in [0.717, 1.165) is 10.4 Å². The van der Waals surface area contributed by atoms with Crippen LogP contribution in [0.3, 0.4) is 0 Å². The van der Waals surface area contributed by atoms with Crippen molar-refractivity contribution in [1.29, 1.82) is 0 Å². The molecule has 9 heteroatoms. The van der Waals surface area contributed by atoms with Crippen molar-refractivity contribution in [2.75, 3.05) is 32.2 Å². The van der Waals surface area contributed by atoms with Crippen molar-refractivity contribution in [3.05, 3.63) is 97.1 Å². The number of para-hydroxylation sites is 1. The van der Waals surface area contributed by atoms with Crippen LogP contribution >= 0.6 is 0 Å². The highest BCUT2D eigenvalue weighted by molar-refractivity contribution is 6.99. The van der Waals surface area contributed by atoms with E-state index in [0.29, 0.717) is 17.0 Å². The van der Waals surface area contributed by atoms with Gasteiger partial charge in [0.15, 0.2) is 6.61 Å². The number of carbonyl (C=O) groups is 3. The van der Waals surface area contributed by atoms with Crippen LogP contribution in [-0.2, 0) is 23.5 Å². The molecule has 0 radical (unpaired) electrons. The molecule has 3 aromatic rings. The van der Waals surface area contributed by atoms with E-state index in [4.69, 9.17) is 13.9 Å². The molecule has 43 heavy (non-hydrogen) atoms. The van der Waals surface area contributed by atoms with Gasteiger partial charge in [0, 0.05) is 26.0 Å². The van der Waals surface area contributed by atoms with Crippen molar-refractivity contribution in [2.24, 2.45) is 0 Å². The predicted molar refractivity (Wildman–Crippen MR) is 172 cm³/mol. The standard InChI is InChI=1S/C34H42N2O6Si/c1-8-22-36(32(39)24-41-26(3)38)31(29-20-15-21-30(33(29)40-7)35-25(2)37)23-42-43(34(4,5)6,27-16-11-9-12-17-27)28-18-13-10-14-19-28/h8-21,31H,1,22-24H2,2-7H3,(H,35,37)/t31-/m0/s1. The quantitative estimate of drug-likeness (QED) is 0.171. The third kappa shape index (κ3) is 7.80. The smallest absolute Gasteiger partial charge is 0.303 e. The maximum atomic E-state index is 13.6. The van der Waals surface area contributed by atoms with Gasteiger partial charge in [-0.2, -0.15) is 0 Å². The highest BCUT2D eigenvalue weighted by atomic mass is 28.4. The third-order valence-electron chi connectivity index (χ3n) is 7.22. The Balaban J connectivity index is 2.25. The molecule has 0 spiro atoms. The number of hydrogen-bond donors (Lipinski definition) is 1. The van der Waals surface area contributed by atoms with Crippen molar-refractivity contribution in [3.63, 3.8) is 0 Å². The topological polar surface area (TPSA) is 94.2 Å². The molecule has 0 fully saturated rings. The van der Waals surface area contributed by atoms with E-state index in [-0.39, 0.29) is 24.1 Å². The van der Waals surface area contributed by atoms with Gasteiger partial charge in [-0.1, -0.05) is 99.6 Å². The summed E-state index contributed by atoms with van der Waals surface area (Å²) in [6.45, 7) is 12.9. The molecule has 0 aliphatic rings. The minimum Gasteiger partial charge on any atom is -0.494 e. The highest BCUT2D eigenvalue weighted by Gasteiger charge is 2.50. The number of nitrogens with one attached hydrogen (secondary N) is 1. The van der Waals surface area contributed by atoms with Crippen LogP contribution < -0.4 is 20.4 Å². The molecule has 0 unspecified atom stereocenters. The van der Waals surface area contributed by atoms with Crippen molar-refractivity contribution in [1.82, 2.24) is 4.90 Å². The largest absolute Gasteiger partial charge is 0.494 e. The molecule has 0 bridgehead atoms. The number of carbonyl (C=O) groups excluding carboxylic acids is 3. The van der Waals surface area contributed by atoms with Crippen LogP contribution in [0.2, 0.25) is 5.04 Å². The molecule has 1 atom stereocenters. The SMILES string of the molecule is C=CCN(C(=O)COC(C)=O)[C@@H](CO[Si](c1ccccc1)(c1ccccc1)C(C)(C)C)c1cccc(NC(C)=O)c1OC. The second kappa shape index (κ2) is 14.8. The molecular formula is C34H42N2O6Si. The molecule has 3 rings (SSSR count). The fraction of sp³-hybridized carbons (Fsp3) is 0.324. The fourth-order valence-electron chi connectivity index (χ4n) is 5.43. The first-order valence-corrected chi connectivity index (χ1v) is 16.1. The minimum absolute atomic E-state index is 0.0901. The molecule has 0 aromatic heterocycles. The van der Waals surface area contributed by atoms with Crippen LogP contribution in [0.15, 0.2) is 91.5 Å². The van der Waals surface area contributed by atoms with Gasteiger partial charge in [-0.3, -0.25) is 14.4 Å². The lowest BCUT2D eigenvalue weighted by Crippen LogP contribution is -2.67. The number of rotatable bonds is 13. The Morgan fingerprint density at radius 1 is 0.930 bits per heavy atom. The van der Waals surface area contributed by atoms with E-state index >= 15 is 0 Å². The lowest BCUT2D eigenvalue weighted by molar-refractivity contribution is -0.151. The van der Waals surface area contributed by atoms with Gasteiger partial charge < -0.3 is 24.1 Å². The van der Waals surface area contributed by atoms with Gasteiger partial charge in [-0.05, 0) is 21.5 Å². The number of methoxy groups -OCH3 is 1. The van der Waals surface area contributed by atoms with E-state index in [9.17, 15) is 14.4 Å². The lowest BCUT2D eigenvalue weighted by Gasteiger charge is -2.44. The average molecular weight is 603 g/mol. The van der Waals surface area contributed by atoms with E-state index in [1.165, 1.54) is 21.0 Å². The van der Waals surface area contributed by atoms with Gasteiger partial charge in [-0.15, -0.1) is 6.58 Å². The number of benzene rings is 3. The Morgan fingerprint density at radius 3 is 1.98 bits per heavy atom. The molecule has 0 saturated heterocycles. The van der Waals surface area contributed by atoms with Gasteiger partial charge >= 0.3 is 5.97 Å². The summed E-state index contributed by atoms with van der Waals surface area (Å²) in [5.41, 5.74) is 1.10. The van der Waals surface area contributed by atoms with Gasteiger partial charge in [-0.25, -0.2) is 0 Å². The van der Waals surface area contributed by atoms with Crippen LogP contribution in [0.1, 0.15) is 46.2 Å². The van der Waals surface area contributed by atoms with Crippen LogP contribution in [0.4, 0.5) is 5.69 Å². The number of amides is 2. The number of esters is 1. The first kappa shape index (κ1) is 33.3. The monoisotopic (exact) mass is 602 g/mol. The maximum Gasteiger partial charge on any atom is 0.303 e. The molecule has 228 valence electrons. The number of ether oxygens (including phenoxy) is 2. The fourth-order valence-corrected chi connectivity index (χ4v) is 10.00. The van der Waals surface area contributed by atoms with Gasteiger partial charge in [0.1, 0.15) is 5.75 Å². The number of nitrogens with zero attached hydrogens (tertiary/aromatic N) is 1. The molecule has 0 saturated carbocycles. The van der Waals surface area contributed by atoms with E-state index in [1.54, 1.807) is 23.1 Å². The zero-order chi connectivity index (χ0) is 31.6. The molecule has 3 aromatic carbocycles. The van der Waals surface area contributed by atoms with Gasteiger partial charge in [0.25, 0.3) is 14.2 Å². The first-order valence-electron chi connectivity index (χ1n) is 14.2. The highest BCUT2D eigenvalue weighted by Crippen LogP contribution is 2.40. The molecule has 1 N–H and O–H groups in total. The maximum absolute atomic E-state index is 13.6. The van der Waals surface area contributed by atoms with Crippen molar-refractivity contribution in [3.8, 4) is 5.75 Å². The summed E-state index contributed by atoms with van der Waals surface area (Å²) in [5.74, 6) is -0.831. The lowest BCUT2D eigenvalue weighted by atomic mass is 10.0. The Hall–Kier alpha value is -4.21. The third-order valence-corrected chi connectivity index (χ3v) is 12.2. The Bertz CT molecular complexity index is 1370. The molecule has 0 heterocycles. The number of anilines is 1. The normalized spacial score (nSPS) is 12.1. The Labute approximate surface area is 255 Å². The van der Waals surface area contributed by atoms with Crippen molar-refractivity contribution in [2.45, 2.75) is 45.7 Å². The molecule has 8 nitrogen and oxygen atoms in total. The van der Waals surface area contributed by atoms with E-state index < -0.39 is 32.8 Å². The molecule has 0 aliphatic heterocycles. The summed E-state index contributed by atoms with van der Waals surface area (Å²) in [4.78, 5) is 38.8.